The number of aliphatic hydroxyl groups is 1. The Hall–Kier alpha value is -1.88. The lowest BCUT2D eigenvalue weighted by atomic mass is 9.94. The zero-order chi connectivity index (χ0) is 16.1. The Kier molecular flexibility index (Phi) is 3.48. The van der Waals surface area contributed by atoms with Crippen molar-refractivity contribution >= 4 is 29.6 Å². The third kappa shape index (κ3) is 2.03. The number of nitrogens with two attached hydrogens (primary N) is 1. The van der Waals surface area contributed by atoms with Crippen LogP contribution in [0.25, 0.3) is 0 Å². The lowest BCUT2D eigenvalue weighted by Crippen LogP contribution is -2.58. The molecule has 1 aromatic heterocycles. The second kappa shape index (κ2) is 5.09. The zero-order valence-corrected chi connectivity index (χ0v) is 12.6. The molecule has 120 valence electrons. The maximum Gasteiger partial charge on any atom is 0.321 e. The molecule has 0 radical (unpaired) electrons. The van der Waals surface area contributed by atoms with Crippen molar-refractivity contribution in [2.75, 3.05) is 18.9 Å². The van der Waals surface area contributed by atoms with Crippen molar-refractivity contribution < 1.29 is 19.8 Å². The van der Waals surface area contributed by atoms with Gasteiger partial charge in [-0.15, -0.1) is 11.8 Å². The normalized spacial score (nSPS) is 31.7. The molecule has 2 aliphatic rings. The molecule has 1 amide bonds. The van der Waals surface area contributed by atoms with Crippen molar-refractivity contribution in [1.29, 1.82) is 0 Å². The maximum atomic E-state index is 11.9. The molecule has 0 aliphatic carbocycles. The van der Waals surface area contributed by atoms with Gasteiger partial charge in [-0.3, -0.25) is 9.59 Å². The van der Waals surface area contributed by atoms with Crippen LogP contribution in [0.2, 0.25) is 0 Å². The Morgan fingerprint density at radius 2 is 2.36 bits per heavy atom. The van der Waals surface area contributed by atoms with Gasteiger partial charge in [0, 0.05) is 6.54 Å². The second-order valence-corrected chi connectivity index (χ2v) is 7.10. The highest BCUT2D eigenvalue weighted by Crippen LogP contribution is 2.52. The number of nitrogen functional groups attached to an aromatic ring is 1. The molecular formula is C11H16N6O4S. The number of fused-ring (bicyclic) bond motifs is 1. The zero-order valence-electron chi connectivity index (χ0n) is 11.8. The average Bonchev–Trinajstić information content (AvgIpc) is 3.03. The van der Waals surface area contributed by atoms with Crippen molar-refractivity contribution in [3.8, 4) is 0 Å². The van der Waals surface area contributed by atoms with Crippen LogP contribution in [0.3, 0.4) is 0 Å². The van der Waals surface area contributed by atoms with Gasteiger partial charge in [0.25, 0.3) is 0 Å². The number of carbonyl (C=O) groups is 2. The van der Waals surface area contributed by atoms with E-state index in [0.717, 1.165) is 0 Å². The van der Waals surface area contributed by atoms with E-state index < -0.39 is 16.6 Å². The molecule has 11 heteroatoms. The van der Waals surface area contributed by atoms with E-state index in [1.165, 1.54) is 21.3 Å². The van der Waals surface area contributed by atoms with Gasteiger partial charge in [-0.05, 0) is 23.8 Å². The standard InChI is InChI=1S/C11H16N6O4S/c1-5(17-10(12)13-14-15-17)2-11(9(20)21)4-16-7(19)6(3-18)8(16)22-11/h5-6,8,18H,2-4H2,1H3,(H,20,21)(H2,12,13,15)/t5-,6+,8-,11?/m1/s1. The number of rotatable bonds is 5. The number of amides is 1. The molecule has 1 aromatic rings. The van der Waals surface area contributed by atoms with Crippen LogP contribution in [0.1, 0.15) is 19.4 Å². The van der Waals surface area contributed by atoms with Crippen LogP contribution in [-0.2, 0) is 9.59 Å². The Morgan fingerprint density at radius 1 is 1.64 bits per heavy atom. The van der Waals surface area contributed by atoms with Gasteiger partial charge < -0.3 is 20.8 Å². The van der Waals surface area contributed by atoms with Gasteiger partial charge in [-0.25, -0.2) is 4.68 Å². The monoisotopic (exact) mass is 328 g/mol. The van der Waals surface area contributed by atoms with Crippen LogP contribution >= 0.6 is 11.8 Å². The predicted octanol–water partition coefficient (Wildman–Crippen LogP) is -1.45. The highest BCUT2D eigenvalue weighted by atomic mass is 32.2. The van der Waals surface area contributed by atoms with E-state index in [4.69, 9.17) is 5.73 Å². The number of carboxylic acid groups (broad SMARTS) is 1. The Balaban J connectivity index is 1.81. The Bertz CT molecular complexity index is 623. The molecule has 2 fully saturated rings. The lowest BCUT2D eigenvalue weighted by molar-refractivity contribution is -0.152. The molecule has 4 atom stereocenters. The van der Waals surface area contributed by atoms with Gasteiger partial charge >= 0.3 is 5.97 Å². The summed E-state index contributed by atoms with van der Waals surface area (Å²) in [5.41, 5.74) is 5.64. The van der Waals surface area contributed by atoms with E-state index in [9.17, 15) is 19.8 Å². The van der Waals surface area contributed by atoms with Crippen molar-refractivity contribution in [3.63, 3.8) is 0 Å². The minimum atomic E-state index is -1.15. The summed E-state index contributed by atoms with van der Waals surface area (Å²) >= 11 is 1.21. The molecule has 3 heterocycles. The minimum absolute atomic E-state index is 0.110. The van der Waals surface area contributed by atoms with Gasteiger partial charge in [0.05, 0.1) is 23.9 Å². The van der Waals surface area contributed by atoms with Gasteiger partial charge in [0.1, 0.15) is 4.75 Å². The number of aromatic nitrogens is 4. The Morgan fingerprint density at radius 3 is 2.91 bits per heavy atom. The summed E-state index contributed by atoms with van der Waals surface area (Å²) in [6.07, 6.45) is 0.223. The molecule has 3 rings (SSSR count). The number of thioether (sulfide) groups is 1. The topological polar surface area (TPSA) is 147 Å². The quantitative estimate of drug-likeness (QED) is 0.552. The van der Waals surface area contributed by atoms with Crippen LogP contribution in [0.5, 0.6) is 0 Å². The maximum absolute atomic E-state index is 11.9. The molecule has 2 saturated heterocycles. The first-order valence-corrected chi connectivity index (χ1v) is 7.63. The summed E-state index contributed by atoms with van der Waals surface area (Å²) in [4.78, 5) is 25.2. The summed E-state index contributed by atoms with van der Waals surface area (Å²) < 4.78 is 0.216. The molecule has 2 aliphatic heterocycles. The van der Waals surface area contributed by atoms with Gasteiger partial charge in [-0.1, -0.05) is 5.10 Å². The molecule has 0 saturated carbocycles. The summed E-state index contributed by atoms with van der Waals surface area (Å²) in [6, 6.07) is -0.333. The predicted molar refractivity (Wildman–Crippen MR) is 75.6 cm³/mol. The minimum Gasteiger partial charge on any atom is -0.480 e. The first kappa shape index (κ1) is 15.0. The van der Waals surface area contributed by atoms with Crippen LogP contribution in [0.15, 0.2) is 0 Å². The summed E-state index contributed by atoms with van der Waals surface area (Å²) in [7, 11) is 0. The van der Waals surface area contributed by atoms with Crippen LogP contribution in [0, 0.1) is 5.92 Å². The summed E-state index contributed by atoms with van der Waals surface area (Å²) in [6.45, 7) is 1.62. The van der Waals surface area contributed by atoms with E-state index in [-0.39, 0.29) is 42.8 Å². The lowest BCUT2D eigenvalue weighted by Gasteiger charge is -2.40. The van der Waals surface area contributed by atoms with Crippen LogP contribution in [-0.4, -0.2) is 70.5 Å². The van der Waals surface area contributed by atoms with Crippen molar-refractivity contribution in [1.82, 2.24) is 25.1 Å². The Labute approximate surface area is 129 Å². The van der Waals surface area contributed by atoms with E-state index in [0.29, 0.717) is 0 Å². The fourth-order valence-electron chi connectivity index (χ4n) is 3.02. The largest absolute Gasteiger partial charge is 0.480 e. The molecule has 0 aromatic carbocycles. The molecule has 0 bridgehead atoms. The fourth-order valence-corrected chi connectivity index (χ4v) is 4.80. The molecule has 4 N–H and O–H groups in total. The molecular weight excluding hydrogens is 312 g/mol. The summed E-state index contributed by atoms with van der Waals surface area (Å²) in [5.74, 6) is -1.59. The number of anilines is 1. The number of carbonyl (C=O) groups excluding carboxylic acids is 1. The number of aliphatic carboxylic acids is 1. The number of carboxylic acids is 1. The second-order valence-electron chi connectivity index (χ2n) is 5.60. The van der Waals surface area contributed by atoms with Gasteiger partial charge in [0.2, 0.25) is 11.9 Å². The fraction of sp³-hybridized carbons (Fsp3) is 0.727. The highest BCUT2D eigenvalue weighted by Gasteiger charge is 2.61. The van der Waals surface area contributed by atoms with Gasteiger partial charge in [0.15, 0.2) is 0 Å². The third-order valence-electron chi connectivity index (χ3n) is 4.17. The van der Waals surface area contributed by atoms with Crippen molar-refractivity contribution in [2.24, 2.45) is 5.92 Å². The number of hydrogen-bond acceptors (Lipinski definition) is 8. The summed E-state index contributed by atoms with van der Waals surface area (Å²) in [5, 5.41) is 29.4. The third-order valence-corrected chi connectivity index (χ3v) is 5.92. The molecule has 0 spiro atoms. The van der Waals surface area contributed by atoms with Crippen molar-refractivity contribution in [3.05, 3.63) is 0 Å². The van der Waals surface area contributed by atoms with Crippen molar-refractivity contribution in [2.45, 2.75) is 29.5 Å². The van der Waals surface area contributed by atoms with Crippen LogP contribution in [0.4, 0.5) is 5.95 Å². The first-order chi connectivity index (χ1) is 10.4. The molecule has 1 unspecified atom stereocenters. The average molecular weight is 328 g/mol. The molecule has 22 heavy (non-hydrogen) atoms. The van der Waals surface area contributed by atoms with Crippen LogP contribution < -0.4 is 5.73 Å². The van der Waals surface area contributed by atoms with Gasteiger partial charge in [-0.2, -0.15) is 0 Å². The van der Waals surface area contributed by atoms with E-state index >= 15 is 0 Å². The smallest absolute Gasteiger partial charge is 0.321 e. The highest BCUT2D eigenvalue weighted by molar-refractivity contribution is 8.02. The number of nitrogens with zero attached hydrogens (tertiary/aromatic N) is 5. The van der Waals surface area contributed by atoms with E-state index in [2.05, 4.69) is 15.5 Å². The SMILES string of the molecule is C[C@H](CC1(C(=O)O)CN2C(=O)[C@H](CO)[C@H]2S1)n1nnnc1N. The van der Waals surface area contributed by atoms with E-state index in [1.807, 2.05) is 0 Å². The number of tetrazole rings is 1. The molecule has 10 nitrogen and oxygen atoms in total. The first-order valence-electron chi connectivity index (χ1n) is 6.75. The van der Waals surface area contributed by atoms with E-state index in [1.54, 1.807) is 6.92 Å². The number of aliphatic hydroxyl groups excluding tert-OH is 1. The number of β-lactam (4-membered cyclic amide) rings is 1. The number of hydrogen-bond donors (Lipinski definition) is 3.